The van der Waals surface area contributed by atoms with Gasteiger partial charge in [0.1, 0.15) is 6.04 Å². The number of hydrogen-bond acceptors (Lipinski definition) is 4. The van der Waals surface area contributed by atoms with E-state index in [1.54, 1.807) is 0 Å². The molecule has 3 N–H and O–H groups in total. The topological polar surface area (TPSA) is 104 Å². The fourth-order valence-corrected chi connectivity index (χ4v) is 4.63. The van der Waals surface area contributed by atoms with Crippen molar-refractivity contribution in [1.29, 1.82) is 0 Å². The van der Waals surface area contributed by atoms with E-state index in [1.807, 2.05) is 0 Å². The molecule has 29 heavy (non-hydrogen) atoms. The smallest absolute Gasteiger partial charge is 0.324 e. The first-order chi connectivity index (χ1) is 13.2. The Balaban J connectivity index is 2.64. The predicted molar refractivity (Wildman–Crippen MR) is 92.0 cm³/mol. The Bertz CT molecular complexity index is 895. The number of allylic oxidation sites excluding steroid dienone is 1. The van der Waals surface area contributed by atoms with Crippen molar-refractivity contribution in [3.8, 4) is 0 Å². The number of alkyl halides is 5. The zero-order valence-corrected chi connectivity index (χ0v) is 15.7. The maximum absolute atomic E-state index is 15.6. The molecule has 1 aromatic carbocycles. The monoisotopic (exact) mass is 443 g/mol. The number of rotatable bonds is 7. The SMILES string of the molecule is C[C@@H](O)[C@H](NS(=O)(=O)C1(F)C=CC(F)C(F)(F)C1(F)Cc1ccccc1)C(=O)O. The quantitative estimate of drug-likeness (QED) is 0.441. The Labute approximate surface area is 163 Å². The predicted octanol–water partition coefficient (Wildman–Crippen LogP) is 1.90. The third-order valence-corrected chi connectivity index (χ3v) is 6.41. The summed E-state index contributed by atoms with van der Waals surface area (Å²) < 4.78 is 100. The Morgan fingerprint density at radius 3 is 2.24 bits per heavy atom. The van der Waals surface area contributed by atoms with Crippen molar-refractivity contribution >= 4 is 16.0 Å². The Kier molecular flexibility index (Phi) is 6.13. The number of benzene rings is 1. The molecule has 0 saturated heterocycles. The van der Waals surface area contributed by atoms with Crippen LogP contribution in [0.25, 0.3) is 0 Å². The molecule has 0 bridgehead atoms. The van der Waals surface area contributed by atoms with Gasteiger partial charge in [0, 0.05) is 6.42 Å². The highest BCUT2D eigenvalue weighted by atomic mass is 32.2. The van der Waals surface area contributed by atoms with Crippen LogP contribution in [0.4, 0.5) is 22.0 Å². The molecule has 5 atom stereocenters. The minimum Gasteiger partial charge on any atom is -0.480 e. The van der Waals surface area contributed by atoms with Crippen LogP contribution in [0.15, 0.2) is 42.5 Å². The number of aliphatic hydroxyl groups is 1. The summed E-state index contributed by atoms with van der Waals surface area (Å²) >= 11 is 0. The van der Waals surface area contributed by atoms with Gasteiger partial charge in [0.25, 0.3) is 15.0 Å². The highest BCUT2D eigenvalue weighted by Gasteiger charge is 2.77. The largest absolute Gasteiger partial charge is 0.480 e. The molecular formula is C17H18F5NO5S. The number of hydrogen-bond donors (Lipinski definition) is 3. The second-order valence-electron chi connectivity index (χ2n) is 6.67. The van der Waals surface area contributed by atoms with Gasteiger partial charge in [0.15, 0.2) is 6.17 Å². The highest BCUT2D eigenvalue weighted by molar-refractivity contribution is 7.91. The minimum absolute atomic E-state index is 0.139. The molecule has 0 amide bonds. The van der Waals surface area contributed by atoms with Crippen LogP contribution in [-0.4, -0.2) is 59.5 Å². The van der Waals surface area contributed by atoms with E-state index in [1.165, 1.54) is 22.9 Å². The summed E-state index contributed by atoms with van der Waals surface area (Å²) in [6.07, 6.45) is -7.13. The molecule has 1 aliphatic rings. The fourth-order valence-electron chi connectivity index (χ4n) is 2.93. The molecule has 0 spiro atoms. The Morgan fingerprint density at radius 1 is 1.21 bits per heavy atom. The van der Waals surface area contributed by atoms with Crippen LogP contribution in [0.5, 0.6) is 0 Å². The zero-order chi connectivity index (χ0) is 22.3. The van der Waals surface area contributed by atoms with Crippen molar-refractivity contribution in [1.82, 2.24) is 4.72 Å². The molecule has 6 nitrogen and oxygen atoms in total. The minimum atomic E-state index is -5.86. The number of halogens is 5. The van der Waals surface area contributed by atoms with E-state index >= 15 is 8.78 Å². The van der Waals surface area contributed by atoms with Crippen molar-refractivity contribution < 1.29 is 45.4 Å². The van der Waals surface area contributed by atoms with E-state index in [0.717, 1.165) is 19.1 Å². The van der Waals surface area contributed by atoms with E-state index in [-0.39, 0.29) is 17.7 Å². The van der Waals surface area contributed by atoms with Gasteiger partial charge in [0.2, 0.25) is 5.67 Å². The van der Waals surface area contributed by atoms with E-state index in [4.69, 9.17) is 5.11 Å². The lowest BCUT2D eigenvalue weighted by atomic mass is 9.79. The molecule has 0 saturated carbocycles. The summed E-state index contributed by atoms with van der Waals surface area (Å²) in [5.74, 6) is -7.08. The van der Waals surface area contributed by atoms with Crippen LogP contribution in [0.2, 0.25) is 0 Å². The second-order valence-corrected chi connectivity index (χ2v) is 8.51. The van der Waals surface area contributed by atoms with Gasteiger partial charge in [-0.1, -0.05) is 30.3 Å². The van der Waals surface area contributed by atoms with Crippen molar-refractivity contribution in [3.05, 3.63) is 48.0 Å². The van der Waals surface area contributed by atoms with Crippen LogP contribution in [0.1, 0.15) is 12.5 Å². The van der Waals surface area contributed by atoms with E-state index in [9.17, 15) is 31.5 Å². The van der Waals surface area contributed by atoms with Gasteiger partial charge >= 0.3 is 11.9 Å². The third kappa shape index (κ3) is 3.76. The van der Waals surface area contributed by atoms with Gasteiger partial charge in [-0.3, -0.25) is 4.79 Å². The first kappa shape index (κ1) is 23.2. The second kappa shape index (κ2) is 7.65. The van der Waals surface area contributed by atoms with Crippen LogP contribution < -0.4 is 4.72 Å². The number of aliphatic carboxylic acids is 1. The van der Waals surface area contributed by atoms with Crippen LogP contribution in [0, 0.1) is 0 Å². The number of nitrogens with one attached hydrogen (secondary N) is 1. The lowest BCUT2D eigenvalue weighted by molar-refractivity contribution is -0.202. The maximum atomic E-state index is 15.6. The lowest BCUT2D eigenvalue weighted by Crippen LogP contribution is -2.70. The standard InChI is InChI=1S/C17H18F5NO5S/c1-10(24)13(14(25)26)23-29(27,28)16(20)8-7-12(18)17(21,22)15(16,19)9-11-5-3-2-4-6-11/h2-8,10,12-13,23-24H,9H2,1H3,(H,25,26)/t10-,12?,13+,15?,16?/m1/s1. The number of carboxylic acid groups (broad SMARTS) is 1. The maximum Gasteiger partial charge on any atom is 0.324 e. The molecule has 12 heteroatoms. The van der Waals surface area contributed by atoms with E-state index in [2.05, 4.69) is 0 Å². The van der Waals surface area contributed by atoms with Gasteiger partial charge < -0.3 is 10.2 Å². The van der Waals surface area contributed by atoms with Crippen LogP contribution in [0.3, 0.4) is 0 Å². The van der Waals surface area contributed by atoms with Crippen LogP contribution >= 0.6 is 0 Å². The number of aliphatic hydroxyl groups excluding tert-OH is 1. The average Bonchev–Trinajstić information content (AvgIpc) is 2.62. The summed E-state index contributed by atoms with van der Waals surface area (Å²) in [6, 6.07) is 3.88. The molecule has 0 aliphatic heterocycles. The summed E-state index contributed by atoms with van der Waals surface area (Å²) in [5.41, 5.74) is -4.89. The average molecular weight is 443 g/mol. The summed E-state index contributed by atoms with van der Waals surface area (Å²) in [5, 5.41) is 13.8. The molecule has 2 rings (SSSR count). The number of carboxylic acids is 1. The van der Waals surface area contributed by atoms with Gasteiger partial charge in [0.05, 0.1) is 6.10 Å². The summed E-state index contributed by atoms with van der Waals surface area (Å²) in [7, 11) is -5.86. The van der Waals surface area contributed by atoms with Crippen molar-refractivity contribution in [2.75, 3.05) is 0 Å². The molecule has 1 aliphatic carbocycles. The molecular weight excluding hydrogens is 425 g/mol. The molecule has 0 radical (unpaired) electrons. The van der Waals surface area contributed by atoms with E-state index in [0.29, 0.717) is 0 Å². The zero-order valence-electron chi connectivity index (χ0n) is 14.9. The van der Waals surface area contributed by atoms with Gasteiger partial charge in [-0.05, 0) is 24.6 Å². The molecule has 162 valence electrons. The third-order valence-electron chi connectivity index (χ3n) is 4.61. The van der Waals surface area contributed by atoms with Crippen molar-refractivity contribution in [2.24, 2.45) is 0 Å². The lowest BCUT2D eigenvalue weighted by Gasteiger charge is -2.45. The number of carbonyl (C=O) groups is 1. The molecule has 1 aromatic rings. The van der Waals surface area contributed by atoms with Gasteiger partial charge in [-0.15, -0.1) is 0 Å². The fraction of sp³-hybridized carbons (Fsp3) is 0.471. The van der Waals surface area contributed by atoms with Gasteiger partial charge in [-0.2, -0.15) is 13.5 Å². The first-order valence-corrected chi connectivity index (χ1v) is 9.73. The summed E-state index contributed by atoms with van der Waals surface area (Å²) in [4.78, 5) is 11.1. The molecule has 0 aromatic heterocycles. The Hall–Kier alpha value is -2.05. The first-order valence-electron chi connectivity index (χ1n) is 8.25. The number of sulfonamides is 1. The highest BCUT2D eigenvalue weighted by Crippen LogP contribution is 2.53. The normalized spacial score (nSPS) is 31.2. The Morgan fingerprint density at radius 2 is 1.76 bits per heavy atom. The molecule has 3 unspecified atom stereocenters. The molecule has 0 heterocycles. The van der Waals surface area contributed by atoms with Crippen molar-refractivity contribution in [2.45, 2.75) is 48.3 Å². The van der Waals surface area contributed by atoms with Crippen molar-refractivity contribution in [3.63, 3.8) is 0 Å². The van der Waals surface area contributed by atoms with E-state index < -0.39 is 57.3 Å². The van der Waals surface area contributed by atoms with Gasteiger partial charge in [-0.25, -0.2) is 21.6 Å². The molecule has 0 fully saturated rings. The summed E-state index contributed by atoms with van der Waals surface area (Å²) in [6.45, 7) is 0.835. The van der Waals surface area contributed by atoms with Crippen LogP contribution in [-0.2, 0) is 21.2 Å².